The minimum absolute atomic E-state index is 0.0742. The molecule has 7 heteroatoms. The van der Waals surface area contributed by atoms with Gasteiger partial charge in [-0.05, 0) is 35.7 Å². The molecule has 2 aliphatic heterocycles. The molecule has 1 atom stereocenters. The fraction of sp³-hybridized carbons (Fsp3) is 0.417. The van der Waals surface area contributed by atoms with Gasteiger partial charge in [0.2, 0.25) is 5.91 Å². The molecule has 0 aliphatic carbocycles. The Bertz CT molecular complexity index is 966. The molecule has 2 aromatic rings. The molecule has 0 saturated carbocycles. The van der Waals surface area contributed by atoms with Crippen LogP contribution in [-0.2, 0) is 16.1 Å². The topological polar surface area (TPSA) is 72.4 Å². The van der Waals surface area contributed by atoms with Gasteiger partial charge in [-0.2, -0.15) is 0 Å². The van der Waals surface area contributed by atoms with Crippen LogP contribution in [0.25, 0.3) is 0 Å². The molecule has 2 heterocycles. The Morgan fingerprint density at radius 2 is 1.81 bits per heavy atom. The van der Waals surface area contributed by atoms with Crippen LogP contribution in [0.2, 0.25) is 0 Å². The predicted molar refractivity (Wildman–Crippen MR) is 121 cm³/mol. The van der Waals surface area contributed by atoms with E-state index in [1.165, 1.54) is 5.56 Å². The van der Waals surface area contributed by atoms with E-state index in [-0.39, 0.29) is 5.91 Å². The number of aliphatic imine (C=N–C) groups is 1. The summed E-state index contributed by atoms with van der Waals surface area (Å²) in [7, 11) is 3.18. The van der Waals surface area contributed by atoms with Crippen molar-refractivity contribution in [3.8, 4) is 11.5 Å². The van der Waals surface area contributed by atoms with E-state index in [1.807, 2.05) is 25.1 Å². The van der Waals surface area contributed by atoms with Crippen molar-refractivity contribution in [3.63, 3.8) is 0 Å². The molecule has 2 aromatic carbocycles. The van der Waals surface area contributed by atoms with E-state index >= 15 is 0 Å². The Morgan fingerprint density at radius 3 is 2.45 bits per heavy atom. The highest BCUT2D eigenvalue weighted by Crippen LogP contribution is 2.42. The lowest BCUT2D eigenvalue weighted by molar-refractivity contribution is -0.115. The average Bonchev–Trinajstić information content (AvgIpc) is 3.12. The first-order chi connectivity index (χ1) is 15.1. The third-order valence-electron chi connectivity index (χ3n) is 5.80. The second-order valence-corrected chi connectivity index (χ2v) is 7.73. The van der Waals surface area contributed by atoms with E-state index in [1.54, 1.807) is 20.3 Å². The minimum Gasteiger partial charge on any atom is -0.493 e. The SMILES string of the molecule is CCC(=Nc1ccc(CN2CCOCC2)cc1)C1C(=O)Nc2cc(OC)c(OC)cc21. The molecule has 1 saturated heterocycles. The first-order valence-electron chi connectivity index (χ1n) is 10.7. The van der Waals surface area contributed by atoms with Gasteiger partial charge in [-0.15, -0.1) is 0 Å². The smallest absolute Gasteiger partial charge is 0.237 e. The molecular formula is C24H29N3O4. The molecule has 1 unspecified atom stereocenters. The number of morpholine rings is 1. The van der Waals surface area contributed by atoms with Gasteiger partial charge < -0.3 is 19.5 Å². The lowest BCUT2D eigenvalue weighted by Crippen LogP contribution is -2.35. The van der Waals surface area contributed by atoms with Crippen LogP contribution in [0.1, 0.15) is 30.4 Å². The van der Waals surface area contributed by atoms with E-state index in [0.717, 1.165) is 55.5 Å². The second kappa shape index (κ2) is 9.49. The fourth-order valence-electron chi connectivity index (χ4n) is 4.13. The van der Waals surface area contributed by atoms with Crippen LogP contribution in [0.3, 0.4) is 0 Å². The minimum atomic E-state index is -0.437. The van der Waals surface area contributed by atoms with Gasteiger partial charge in [0.05, 0.1) is 33.1 Å². The number of fused-ring (bicyclic) bond motifs is 1. The van der Waals surface area contributed by atoms with Gasteiger partial charge in [0.25, 0.3) is 0 Å². The average molecular weight is 424 g/mol. The van der Waals surface area contributed by atoms with Crippen LogP contribution in [0.4, 0.5) is 11.4 Å². The lowest BCUT2D eigenvalue weighted by Gasteiger charge is -2.26. The Labute approximate surface area is 183 Å². The zero-order chi connectivity index (χ0) is 21.8. The number of amides is 1. The number of hydrogen-bond donors (Lipinski definition) is 1. The summed E-state index contributed by atoms with van der Waals surface area (Å²) < 4.78 is 16.2. The zero-order valence-electron chi connectivity index (χ0n) is 18.3. The van der Waals surface area contributed by atoms with Crippen LogP contribution in [0.15, 0.2) is 41.4 Å². The van der Waals surface area contributed by atoms with E-state index in [9.17, 15) is 4.79 Å². The molecule has 0 aromatic heterocycles. The summed E-state index contributed by atoms with van der Waals surface area (Å²) in [6, 6.07) is 11.9. The number of nitrogens with one attached hydrogen (secondary N) is 1. The van der Waals surface area contributed by atoms with Gasteiger partial charge >= 0.3 is 0 Å². The van der Waals surface area contributed by atoms with Gasteiger partial charge in [-0.25, -0.2) is 0 Å². The molecule has 1 N–H and O–H groups in total. The summed E-state index contributed by atoms with van der Waals surface area (Å²) >= 11 is 0. The maximum absolute atomic E-state index is 12.8. The summed E-state index contributed by atoms with van der Waals surface area (Å²) in [5.74, 6) is 0.682. The first-order valence-corrected chi connectivity index (χ1v) is 10.7. The Balaban J connectivity index is 1.57. The van der Waals surface area contributed by atoms with Crippen molar-refractivity contribution in [3.05, 3.63) is 47.5 Å². The molecule has 1 amide bonds. The molecule has 2 aliphatic rings. The summed E-state index contributed by atoms with van der Waals surface area (Å²) in [4.78, 5) is 20.0. The Hall–Kier alpha value is -2.90. The van der Waals surface area contributed by atoms with E-state index in [0.29, 0.717) is 17.9 Å². The number of methoxy groups -OCH3 is 2. The monoisotopic (exact) mass is 423 g/mol. The van der Waals surface area contributed by atoms with Gasteiger partial charge in [0.1, 0.15) is 5.92 Å². The molecule has 4 rings (SSSR count). The number of benzene rings is 2. The summed E-state index contributed by atoms with van der Waals surface area (Å²) in [6.07, 6.45) is 0.668. The zero-order valence-corrected chi connectivity index (χ0v) is 18.3. The van der Waals surface area contributed by atoms with E-state index in [4.69, 9.17) is 19.2 Å². The van der Waals surface area contributed by atoms with E-state index in [2.05, 4.69) is 22.3 Å². The quantitative estimate of drug-likeness (QED) is 0.687. The second-order valence-electron chi connectivity index (χ2n) is 7.73. The third kappa shape index (κ3) is 4.57. The summed E-state index contributed by atoms with van der Waals surface area (Å²) in [5, 5.41) is 2.96. The van der Waals surface area contributed by atoms with Crippen LogP contribution in [0, 0.1) is 0 Å². The van der Waals surface area contributed by atoms with Crippen LogP contribution in [0.5, 0.6) is 11.5 Å². The first kappa shape index (κ1) is 21.3. The predicted octanol–water partition coefficient (Wildman–Crippen LogP) is 3.75. The highest BCUT2D eigenvalue weighted by Gasteiger charge is 2.35. The highest BCUT2D eigenvalue weighted by molar-refractivity contribution is 6.19. The number of ether oxygens (including phenoxy) is 3. The van der Waals surface area contributed by atoms with Gasteiger partial charge in [0.15, 0.2) is 11.5 Å². The third-order valence-corrected chi connectivity index (χ3v) is 5.80. The van der Waals surface area contributed by atoms with Crippen molar-refractivity contribution >= 4 is 23.0 Å². The van der Waals surface area contributed by atoms with Crippen LogP contribution < -0.4 is 14.8 Å². The molecule has 1 fully saturated rings. The standard InChI is InChI=1S/C24H29N3O4/c1-4-19(23-18-13-21(29-2)22(30-3)14-20(18)26-24(23)28)25-17-7-5-16(6-8-17)15-27-9-11-31-12-10-27/h5-8,13-14,23H,4,9-12,15H2,1-3H3,(H,26,28). The number of anilines is 1. The van der Waals surface area contributed by atoms with Crippen molar-refractivity contribution in [2.24, 2.45) is 4.99 Å². The number of carbonyl (C=O) groups is 1. The fourth-order valence-corrected chi connectivity index (χ4v) is 4.13. The molecule has 164 valence electrons. The van der Waals surface area contributed by atoms with Crippen molar-refractivity contribution in [1.29, 1.82) is 0 Å². The molecule has 0 spiro atoms. The largest absolute Gasteiger partial charge is 0.493 e. The Kier molecular flexibility index (Phi) is 6.53. The van der Waals surface area contributed by atoms with Crippen molar-refractivity contribution in [1.82, 2.24) is 4.90 Å². The van der Waals surface area contributed by atoms with Gasteiger partial charge in [0, 0.05) is 37.1 Å². The van der Waals surface area contributed by atoms with Gasteiger partial charge in [-0.3, -0.25) is 14.7 Å². The molecular weight excluding hydrogens is 394 g/mol. The normalized spacial score (nSPS) is 19.1. The number of nitrogens with zero attached hydrogens (tertiary/aromatic N) is 2. The lowest BCUT2D eigenvalue weighted by atomic mass is 9.93. The maximum Gasteiger partial charge on any atom is 0.237 e. The number of hydrogen-bond acceptors (Lipinski definition) is 6. The van der Waals surface area contributed by atoms with Gasteiger partial charge in [-0.1, -0.05) is 19.1 Å². The van der Waals surface area contributed by atoms with Crippen LogP contribution >= 0.6 is 0 Å². The van der Waals surface area contributed by atoms with Crippen molar-refractivity contribution in [2.45, 2.75) is 25.8 Å². The highest BCUT2D eigenvalue weighted by atomic mass is 16.5. The molecule has 7 nitrogen and oxygen atoms in total. The molecule has 0 bridgehead atoms. The summed E-state index contributed by atoms with van der Waals surface area (Å²) in [5.41, 5.74) is 4.54. The Morgan fingerprint density at radius 1 is 1.13 bits per heavy atom. The van der Waals surface area contributed by atoms with E-state index < -0.39 is 5.92 Å². The number of rotatable bonds is 7. The van der Waals surface area contributed by atoms with Crippen molar-refractivity contribution in [2.75, 3.05) is 45.8 Å². The number of carbonyl (C=O) groups excluding carboxylic acids is 1. The summed E-state index contributed by atoms with van der Waals surface area (Å²) in [6.45, 7) is 6.45. The molecule has 31 heavy (non-hydrogen) atoms. The van der Waals surface area contributed by atoms with Crippen molar-refractivity contribution < 1.29 is 19.0 Å². The maximum atomic E-state index is 12.8. The van der Waals surface area contributed by atoms with Crippen LogP contribution in [-0.4, -0.2) is 57.0 Å². The molecule has 0 radical (unpaired) electrons.